The van der Waals surface area contributed by atoms with E-state index >= 15 is 0 Å². The molecule has 1 heterocycles. The summed E-state index contributed by atoms with van der Waals surface area (Å²) in [5, 5.41) is 12.8. The molecule has 3 aromatic rings. The highest BCUT2D eigenvalue weighted by atomic mass is 35.5. The molecule has 0 spiro atoms. The predicted octanol–water partition coefficient (Wildman–Crippen LogP) is 5.85. The van der Waals surface area contributed by atoms with Gasteiger partial charge in [-0.15, -0.1) is 0 Å². The van der Waals surface area contributed by atoms with Gasteiger partial charge in [0.15, 0.2) is 0 Å². The summed E-state index contributed by atoms with van der Waals surface area (Å²) in [6.07, 6.45) is 0.351. The lowest BCUT2D eigenvalue weighted by Crippen LogP contribution is -2.30. The topological polar surface area (TPSA) is 73.2 Å². The molecule has 0 bridgehead atoms. The first kappa shape index (κ1) is 23.6. The smallest absolute Gasteiger partial charge is 0.269 e. The van der Waals surface area contributed by atoms with Crippen LogP contribution in [0.4, 0.5) is 15.8 Å². The molecule has 1 atom stereocenters. The van der Waals surface area contributed by atoms with Crippen LogP contribution < -0.4 is 10.2 Å². The number of nitrogens with zero attached hydrogens (tertiary/aromatic N) is 2. The molecule has 1 N–H and O–H groups in total. The fourth-order valence-corrected chi connectivity index (χ4v) is 5.04. The Morgan fingerprint density at radius 3 is 2.50 bits per heavy atom. The van der Waals surface area contributed by atoms with Gasteiger partial charge < -0.3 is 5.32 Å². The summed E-state index contributed by atoms with van der Waals surface area (Å²) in [6.45, 7) is 1.93. The van der Waals surface area contributed by atoms with Crippen molar-refractivity contribution in [3.8, 4) is 6.07 Å². The third kappa shape index (κ3) is 5.14. The zero-order chi connectivity index (χ0) is 24.2. The lowest BCUT2D eigenvalue weighted by molar-refractivity contribution is -0.117. The van der Waals surface area contributed by atoms with E-state index in [0.717, 1.165) is 22.9 Å². The van der Waals surface area contributed by atoms with Gasteiger partial charge in [-0.3, -0.25) is 14.5 Å². The molecular formula is C26H19ClFN3O2S. The number of hydrogen-bond donors (Lipinski definition) is 1. The van der Waals surface area contributed by atoms with Gasteiger partial charge in [0.25, 0.3) is 5.91 Å². The summed E-state index contributed by atoms with van der Waals surface area (Å²) in [5.41, 5.74) is 2.58. The van der Waals surface area contributed by atoms with Crippen LogP contribution in [0.2, 0.25) is 5.02 Å². The number of amides is 2. The monoisotopic (exact) mass is 491 g/mol. The molecule has 8 heteroatoms. The van der Waals surface area contributed by atoms with E-state index in [1.165, 1.54) is 29.2 Å². The van der Waals surface area contributed by atoms with Crippen LogP contribution >= 0.6 is 23.4 Å². The number of halogens is 2. The lowest BCUT2D eigenvalue weighted by atomic mass is 10.1. The molecule has 1 unspecified atom stereocenters. The molecule has 0 aliphatic carbocycles. The van der Waals surface area contributed by atoms with Gasteiger partial charge in [-0.25, -0.2) is 4.39 Å². The minimum atomic E-state index is -0.628. The second kappa shape index (κ2) is 10.1. The third-order valence-electron chi connectivity index (χ3n) is 5.21. The SMILES string of the molecule is Cc1ccc(NC(=O)C(C#N)=C2SC(Cc3cccc(Cl)c3)C(=O)N2c2ccc(F)cc2)cc1. The van der Waals surface area contributed by atoms with Gasteiger partial charge >= 0.3 is 0 Å². The highest BCUT2D eigenvalue weighted by molar-refractivity contribution is 8.05. The largest absolute Gasteiger partial charge is 0.321 e. The van der Waals surface area contributed by atoms with Gasteiger partial charge in [0.1, 0.15) is 22.5 Å². The Bertz CT molecular complexity index is 1320. The van der Waals surface area contributed by atoms with E-state index in [-0.39, 0.29) is 16.5 Å². The number of nitriles is 1. The van der Waals surface area contributed by atoms with Crippen molar-refractivity contribution in [2.45, 2.75) is 18.6 Å². The van der Waals surface area contributed by atoms with E-state index in [1.807, 2.05) is 31.2 Å². The maximum atomic E-state index is 13.5. The van der Waals surface area contributed by atoms with E-state index in [9.17, 15) is 19.2 Å². The number of anilines is 2. The molecule has 34 heavy (non-hydrogen) atoms. The molecule has 0 saturated carbocycles. The zero-order valence-electron chi connectivity index (χ0n) is 18.1. The predicted molar refractivity (Wildman–Crippen MR) is 133 cm³/mol. The van der Waals surface area contributed by atoms with Gasteiger partial charge in [0, 0.05) is 16.4 Å². The molecule has 1 aliphatic rings. The minimum Gasteiger partial charge on any atom is -0.321 e. The quantitative estimate of drug-likeness (QED) is 0.359. The Labute approximate surface area is 205 Å². The molecule has 1 fully saturated rings. The van der Waals surface area contributed by atoms with Crippen LogP contribution in [-0.4, -0.2) is 17.1 Å². The van der Waals surface area contributed by atoms with E-state index in [0.29, 0.717) is 22.8 Å². The molecular weight excluding hydrogens is 473 g/mol. The summed E-state index contributed by atoms with van der Waals surface area (Å²) in [7, 11) is 0. The summed E-state index contributed by atoms with van der Waals surface area (Å²) < 4.78 is 13.5. The van der Waals surface area contributed by atoms with E-state index < -0.39 is 17.0 Å². The number of carbonyl (C=O) groups excluding carboxylic acids is 2. The normalized spacial score (nSPS) is 16.8. The summed E-state index contributed by atoms with van der Waals surface area (Å²) in [4.78, 5) is 27.8. The van der Waals surface area contributed by atoms with Crippen LogP contribution in [0.5, 0.6) is 0 Å². The van der Waals surface area contributed by atoms with Crippen molar-refractivity contribution in [1.29, 1.82) is 5.26 Å². The van der Waals surface area contributed by atoms with Gasteiger partial charge in [0.05, 0.1) is 5.25 Å². The number of hydrogen-bond acceptors (Lipinski definition) is 4. The van der Waals surface area contributed by atoms with Crippen LogP contribution in [0, 0.1) is 24.1 Å². The minimum absolute atomic E-state index is 0.197. The Morgan fingerprint density at radius 2 is 1.85 bits per heavy atom. The van der Waals surface area contributed by atoms with Crippen molar-refractivity contribution in [2.24, 2.45) is 0 Å². The van der Waals surface area contributed by atoms with Crippen LogP contribution in [0.1, 0.15) is 11.1 Å². The summed E-state index contributed by atoms with van der Waals surface area (Å²) in [5.74, 6) is -1.39. The van der Waals surface area contributed by atoms with Crippen LogP contribution in [0.3, 0.4) is 0 Å². The molecule has 4 rings (SSSR count). The maximum absolute atomic E-state index is 13.5. The van der Waals surface area contributed by atoms with Crippen molar-refractivity contribution >= 4 is 46.6 Å². The molecule has 1 aliphatic heterocycles. The first-order valence-electron chi connectivity index (χ1n) is 10.4. The lowest BCUT2D eigenvalue weighted by Gasteiger charge is -2.18. The second-order valence-electron chi connectivity index (χ2n) is 7.70. The number of nitrogens with one attached hydrogen (secondary N) is 1. The molecule has 3 aromatic carbocycles. The summed E-state index contributed by atoms with van der Waals surface area (Å²) in [6, 6.07) is 21.6. The van der Waals surface area contributed by atoms with Gasteiger partial charge in [0.2, 0.25) is 5.91 Å². The van der Waals surface area contributed by atoms with Gasteiger partial charge in [-0.05, 0) is 67.4 Å². The Balaban J connectivity index is 1.72. The van der Waals surface area contributed by atoms with Crippen LogP contribution in [-0.2, 0) is 16.0 Å². The van der Waals surface area contributed by atoms with E-state index in [2.05, 4.69) is 5.32 Å². The zero-order valence-corrected chi connectivity index (χ0v) is 19.7. The van der Waals surface area contributed by atoms with Crippen molar-refractivity contribution in [3.05, 3.63) is 105 Å². The van der Waals surface area contributed by atoms with Crippen LogP contribution in [0.15, 0.2) is 83.4 Å². The number of aryl methyl sites for hydroxylation is 1. The fourth-order valence-electron chi connectivity index (χ4n) is 3.52. The molecule has 0 radical (unpaired) electrons. The van der Waals surface area contributed by atoms with Gasteiger partial charge in [-0.1, -0.05) is 53.2 Å². The van der Waals surface area contributed by atoms with Crippen molar-refractivity contribution in [3.63, 3.8) is 0 Å². The number of carbonyl (C=O) groups is 2. The highest BCUT2D eigenvalue weighted by Crippen LogP contribution is 2.42. The number of thioether (sulfide) groups is 1. The average Bonchev–Trinajstić information content (AvgIpc) is 3.12. The average molecular weight is 492 g/mol. The molecule has 5 nitrogen and oxygen atoms in total. The van der Waals surface area contributed by atoms with E-state index in [4.69, 9.17) is 11.6 Å². The molecule has 0 aromatic heterocycles. The fraction of sp³-hybridized carbons (Fsp3) is 0.115. The first-order chi connectivity index (χ1) is 16.4. The Hall–Kier alpha value is -3.60. The third-order valence-corrected chi connectivity index (χ3v) is 6.71. The Kier molecular flexibility index (Phi) is 7.01. The molecule has 1 saturated heterocycles. The van der Waals surface area contributed by atoms with Crippen molar-refractivity contribution < 1.29 is 14.0 Å². The van der Waals surface area contributed by atoms with Gasteiger partial charge in [-0.2, -0.15) is 5.26 Å². The maximum Gasteiger partial charge on any atom is 0.269 e. The number of rotatable bonds is 5. The van der Waals surface area contributed by atoms with E-state index in [1.54, 1.807) is 30.3 Å². The van der Waals surface area contributed by atoms with Crippen molar-refractivity contribution in [2.75, 3.05) is 10.2 Å². The Morgan fingerprint density at radius 1 is 1.15 bits per heavy atom. The first-order valence-corrected chi connectivity index (χ1v) is 11.6. The molecule has 170 valence electrons. The number of benzene rings is 3. The summed E-state index contributed by atoms with van der Waals surface area (Å²) >= 11 is 7.23. The van der Waals surface area contributed by atoms with Crippen molar-refractivity contribution in [1.82, 2.24) is 0 Å². The molecule has 2 amide bonds. The standard InChI is InChI=1S/C26H19ClFN3O2S/c1-16-5-9-20(10-6-16)30-24(32)22(15-29)26-31(21-11-7-19(28)8-12-21)25(33)23(34-26)14-17-3-2-4-18(27)13-17/h2-13,23H,14H2,1H3,(H,30,32). The van der Waals surface area contributed by atoms with Crippen LogP contribution in [0.25, 0.3) is 0 Å². The highest BCUT2D eigenvalue weighted by Gasteiger charge is 2.40. The second-order valence-corrected chi connectivity index (χ2v) is 9.33.